The zero-order valence-corrected chi connectivity index (χ0v) is 21.0. The third-order valence-corrected chi connectivity index (χ3v) is 10.6. The molecule has 0 saturated heterocycles. The second-order valence-electron chi connectivity index (χ2n) is 12.3. The molecule has 0 aliphatic heterocycles. The van der Waals surface area contributed by atoms with Gasteiger partial charge >= 0.3 is 0 Å². The lowest BCUT2D eigenvalue weighted by atomic mass is 9.49. The SMILES string of the molecule is COCC1(O)CCC2C(CCC3C2CCC2(C)C(C(=O)Cn4nc5ccc(F)cc5n4)CCC32)C1. The second-order valence-corrected chi connectivity index (χ2v) is 12.3. The van der Waals surface area contributed by atoms with Gasteiger partial charge in [0.2, 0.25) is 0 Å². The van der Waals surface area contributed by atoms with Crippen molar-refractivity contribution >= 4 is 16.8 Å². The molecule has 1 aromatic carbocycles. The quantitative estimate of drug-likeness (QED) is 0.662. The van der Waals surface area contributed by atoms with E-state index in [0.717, 1.165) is 44.4 Å². The number of carbonyl (C=O) groups is 1. The van der Waals surface area contributed by atoms with Crippen LogP contribution in [0.15, 0.2) is 18.2 Å². The van der Waals surface area contributed by atoms with Crippen molar-refractivity contribution in [1.82, 2.24) is 15.0 Å². The van der Waals surface area contributed by atoms with Crippen LogP contribution in [0, 0.1) is 46.7 Å². The number of aliphatic hydroxyl groups is 1. The van der Waals surface area contributed by atoms with E-state index in [-0.39, 0.29) is 29.5 Å². The molecule has 2 aromatic rings. The van der Waals surface area contributed by atoms with Crippen LogP contribution in [0.1, 0.15) is 64.7 Å². The Morgan fingerprint density at radius 3 is 2.71 bits per heavy atom. The minimum absolute atomic E-state index is 0.0508. The predicted octanol–water partition coefficient (Wildman–Crippen LogP) is 4.79. The number of hydrogen-bond acceptors (Lipinski definition) is 5. The largest absolute Gasteiger partial charge is 0.387 e. The smallest absolute Gasteiger partial charge is 0.159 e. The van der Waals surface area contributed by atoms with Crippen molar-refractivity contribution < 1.29 is 19.0 Å². The summed E-state index contributed by atoms with van der Waals surface area (Å²) in [6.07, 6.45) is 9.68. The molecular weight excluding hydrogens is 445 g/mol. The summed E-state index contributed by atoms with van der Waals surface area (Å²) in [5.74, 6) is 3.31. The van der Waals surface area contributed by atoms with Crippen LogP contribution in [-0.4, -0.2) is 45.2 Å². The fourth-order valence-electron chi connectivity index (χ4n) is 9.14. The van der Waals surface area contributed by atoms with Gasteiger partial charge in [-0.3, -0.25) is 4.79 Å². The van der Waals surface area contributed by atoms with Crippen LogP contribution in [0.5, 0.6) is 0 Å². The van der Waals surface area contributed by atoms with Gasteiger partial charge in [0.15, 0.2) is 5.78 Å². The number of methoxy groups -OCH3 is 1. The van der Waals surface area contributed by atoms with Crippen LogP contribution >= 0.6 is 0 Å². The highest BCUT2D eigenvalue weighted by atomic mass is 19.1. The van der Waals surface area contributed by atoms with Crippen LogP contribution in [0.4, 0.5) is 4.39 Å². The number of aromatic nitrogens is 3. The molecule has 35 heavy (non-hydrogen) atoms. The van der Waals surface area contributed by atoms with E-state index < -0.39 is 5.60 Å². The highest BCUT2D eigenvalue weighted by molar-refractivity contribution is 5.82. The summed E-state index contributed by atoms with van der Waals surface area (Å²) >= 11 is 0. The van der Waals surface area contributed by atoms with E-state index >= 15 is 0 Å². The van der Waals surface area contributed by atoms with Crippen LogP contribution < -0.4 is 0 Å². The molecule has 0 radical (unpaired) electrons. The van der Waals surface area contributed by atoms with Gasteiger partial charge in [-0.2, -0.15) is 15.0 Å². The van der Waals surface area contributed by atoms with Crippen molar-refractivity contribution in [3.05, 3.63) is 24.0 Å². The zero-order valence-electron chi connectivity index (χ0n) is 21.0. The summed E-state index contributed by atoms with van der Waals surface area (Å²) in [6, 6.07) is 4.36. The molecule has 0 spiro atoms. The first-order valence-electron chi connectivity index (χ1n) is 13.5. The molecule has 1 heterocycles. The second kappa shape index (κ2) is 8.62. The number of halogens is 1. The summed E-state index contributed by atoms with van der Waals surface area (Å²) in [6.45, 7) is 2.99. The standard InChI is InChI=1S/C28H38FN3O3/c1-27-11-9-20-19-10-12-28(34,16-35-2)14-17(19)3-5-21(20)22(27)6-7-23(27)26(33)15-32-30-24-8-4-18(29)13-25(24)31-32/h4,8,13,17,19-23,34H,3,5-7,9-12,14-16H2,1-2H3. The van der Waals surface area contributed by atoms with Crippen molar-refractivity contribution in [2.24, 2.45) is 40.9 Å². The lowest BCUT2D eigenvalue weighted by molar-refractivity contribution is -0.137. The van der Waals surface area contributed by atoms with E-state index in [2.05, 4.69) is 17.1 Å². The first-order chi connectivity index (χ1) is 16.8. The van der Waals surface area contributed by atoms with E-state index in [1.807, 2.05) is 0 Å². The maximum absolute atomic E-state index is 13.5. The van der Waals surface area contributed by atoms with Crippen LogP contribution in [0.25, 0.3) is 11.0 Å². The molecule has 8 atom stereocenters. The summed E-state index contributed by atoms with van der Waals surface area (Å²) in [5.41, 5.74) is 0.524. The van der Waals surface area contributed by atoms with Crippen LogP contribution in [0.3, 0.4) is 0 Å². The van der Waals surface area contributed by atoms with Gasteiger partial charge < -0.3 is 9.84 Å². The molecule has 4 fully saturated rings. The molecule has 6 rings (SSSR count). The summed E-state index contributed by atoms with van der Waals surface area (Å²) < 4.78 is 18.9. The molecule has 4 aliphatic carbocycles. The van der Waals surface area contributed by atoms with Gasteiger partial charge in [-0.05, 0) is 105 Å². The number of hydrogen-bond donors (Lipinski definition) is 1. The number of carbonyl (C=O) groups excluding carboxylic acids is 1. The van der Waals surface area contributed by atoms with Gasteiger partial charge in [0, 0.05) is 19.1 Å². The van der Waals surface area contributed by atoms with Crippen LogP contribution in [0.2, 0.25) is 0 Å². The molecular formula is C28H38FN3O3. The van der Waals surface area contributed by atoms with Crippen molar-refractivity contribution in [1.29, 1.82) is 0 Å². The Morgan fingerprint density at radius 1 is 1.09 bits per heavy atom. The monoisotopic (exact) mass is 483 g/mol. The topological polar surface area (TPSA) is 77.2 Å². The average Bonchev–Trinajstić information content (AvgIpc) is 3.38. The van der Waals surface area contributed by atoms with E-state index in [0.29, 0.717) is 41.3 Å². The molecule has 8 unspecified atom stereocenters. The summed E-state index contributed by atoms with van der Waals surface area (Å²) in [7, 11) is 1.69. The van der Waals surface area contributed by atoms with Gasteiger partial charge in [0.25, 0.3) is 0 Å². The number of nitrogens with zero attached hydrogens (tertiary/aromatic N) is 3. The number of fused-ring (bicyclic) bond motifs is 6. The lowest BCUT2D eigenvalue weighted by Crippen LogP contribution is -2.52. The Hall–Kier alpha value is -1.86. The minimum atomic E-state index is -0.645. The molecule has 6 nitrogen and oxygen atoms in total. The van der Waals surface area contributed by atoms with E-state index in [1.165, 1.54) is 36.2 Å². The van der Waals surface area contributed by atoms with Crippen molar-refractivity contribution in [3.63, 3.8) is 0 Å². The highest BCUT2D eigenvalue weighted by Gasteiger charge is 2.59. The Morgan fingerprint density at radius 2 is 1.89 bits per heavy atom. The van der Waals surface area contributed by atoms with Crippen molar-refractivity contribution in [3.8, 4) is 0 Å². The molecule has 4 saturated carbocycles. The number of benzene rings is 1. The molecule has 190 valence electrons. The third-order valence-electron chi connectivity index (χ3n) is 10.6. The Labute approximate surface area is 206 Å². The van der Waals surface area contributed by atoms with Crippen molar-refractivity contribution in [2.75, 3.05) is 13.7 Å². The van der Waals surface area contributed by atoms with E-state index in [9.17, 15) is 14.3 Å². The Bertz CT molecular complexity index is 1120. The molecule has 7 heteroatoms. The first kappa shape index (κ1) is 23.5. The van der Waals surface area contributed by atoms with Crippen LogP contribution in [-0.2, 0) is 16.1 Å². The van der Waals surface area contributed by atoms with Gasteiger partial charge in [-0.15, -0.1) is 0 Å². The number of rotatable bonds is 5. The fourth-order valence-corrected chi connectivity index (χ4v) is 9.14. The lowest BCUT2D eigenvalue weighted by Gasteiger charge is -2.57. The molecule has 1 N–H and O–H groups in total. The normalized spacial score (nSPS) is 40.8. The number of ketones is 1. The van der Waals surface area contributed by atoms with Gasteiger partial charge in [0.05, 0.1) is 12.2 Å². The Balaban J connectivity index is 1.16. The number of ether oxygens (including phenoxy) is 1. The van der Waals surface area contributed by atoms with Crippen molar-refractivity contribution in [2.45, 2.75) is 76.9 Å². The molecule has 0 amide bonds. The maximum Gasteiger partial charge on any atom is 0.159 e. The number of Topliss-reactive ketones (excluding diaryl/α,β-unsaturated/α-hetero) is 1. The maximum atomic E-state index is 13.5. The van der Waals surface area contributed by atoms with Gasteiger partial charge in [-0.25, -0.2) is 4.39 Å². The zero-order chi connectivity index (χ0) is 24.4. The van der Waals surface area contributed by atoms with Gasteiger partial charge in [0.1, 0.15) is 23.4 Å². The molecule has 1 aromatic heterocycles. The highest BCUT2D eigenvalue weighted by Crippen LogP contribution is 2.64. The van der Waals surface area contributed by atoms with Gasteiger partial charge in [-0.1, -0.05) is 6.92 Å². The van der Waals surface area contributed by atoms with E-state index in [1.54, 1.807) is 13.2 Å². The molecule has 4 aliphatic rings. The fraction of sp³-hybridized carbons (Fsp3) is 0.750. The molecule has 0 bridgehead atoms. The third kappa shape index (κ3) is 3.93. The first-order valence-corrected chi connectivity index (χ1v) is 13.5. The average molecular weight is 484 g/mol. The summed E-state index contributed by atoms with van der Waals surface area (Å²) in [4.78, 5) is 15.0. The summed E-state index contributed by atoms with van der Waals surface area (Å²) in [5, 5.41) is 19.8. The Kier molecular flexibility index (Phi) is 5.79. The predicted molar refractivity (Wildman–Crippen MR) is 130 cm³/mol. The minimum Gasteiger partial charge on any atom is -0.387 e. The van der Waals surface area contributed by atoms with E-state index in [4.69, 9.17) is 4.74 Å².